The molecule has 134 valence electrons. The van der Waals surface area contributed by atoms with Crippen molar-refractivity contribution in [2.45, 2.75) is 26.4 Å². The number of aromatic nitrogens is 1. The minimum Gasteiger partial charge on any atom is -0.486 e. The van der Waals surface area contributed by atoms with Crippen LogP contribution in [0.4, 0.5) is 0 Å². The molecular formula is C19H25N3O2S. The van der Waals surface area contributed by atoms with Crippen LogP contribution < -0.4 is 10.5 Å². The summed E-state index contributed by atoms with van der Waals surface area (Å²) in [5, 5.41) is 2.85. The molecule has 2 atom stereocenters. The molecule has 0 spiro atoms. The topological polar surface area (TPSA) is 68.5 Å². The van der Waals surface area contributed by atoms with Crippen LogP contribution in [0.3, 0.4) is 0 Å². The molecule has 1 aliphatic heterocycles. The van der Waals surface area contributed by atoms with E-state index in [1.807, 2.05) is 40.6 Å². The number of carbonyl (C=O) groups excluding carboxylic acids is 1. The first-order valence-corrected chi connectivity index (χ1v) is 9.62. The zero-order valence-electron chi connectivity index (χ0n) is 14.6. The average Bonchev–Trinajstić information content (AvgIpc) is 3.08. The van der Waals surface area contributed by atoms with Crippen molar-refractivity contribution in [2.24, 2.45) is 17.6 Å². The molecule has 1 saturated heterocycles. The molecule has 25 heavy (non-hydrogen) atoms. The van der Waals surface area contributed by atoms with Crippen molar-refractivity contribution < 1.29 is 9.53 Å². The SMILES string of the molecule is CC1CN(C(=O)Cc2csc(COc3ccccc3)n2)CCC1CN. The second kappa shape index (κ2) is 8.45. The highest BCUT2D eigenvalue weighted by atomic mass is 32.1. The Kier molecular flexibility index (Phi) is 6.04. The summed E-state index contributed by atoms with van der Waals surface area (Å²) in [5.74, 6) is 1.98. The van der Waals surface area contributed by atoms with Crippen LogP contribution in [0.15, 0.2) is 35.7 Å². The Morgan fingerprint density at radius 3 is 2.92 bits per heavy atom. The van der Waals surface area contributed by atoms with Gasteiger partial charge in [0.2, 0.25) is 5.91 Å². The fourth-order valence-corrected chi connectivity index (χ4v) is 3.90. The predicted molar refractivity (Wildman–Crippen MR) is 99.5 cm³/mol. The first-order valence-electron chi connectivity index (χ1n) is 8.74. The number of ether oxygens (including phenoxy) is 1. The Bertz CT molecular complexity index is 689. The fraction of sp³-hybridized carbons (Fsp3) is 0.474. The summed E-state index contributed by atoms with van der Waals surface area (Å²) in [6.45, 7) is 4.93. The number of hydrogen-bond donors (Lipinski definition) is 1. The van der Waals surface area contributed by atoms with Crippen molar-refractivity contribution in [3.05, 3.63) is 46.4 Å². The number of para-hydroxylation sites is 1. The molecule has 0 aliphatic carbocycles. The Morgan fingerprint density at radius 1 is 1.40 bits per heavy atom. The monoisotopic (exact) mass is 359 g/mol. The van der Waals surface area contributed by atoms with Crippen molar-refractivity contribution in [1.82, 2.24) is 9.88 Å². The smallest absolute Gasteiger partial charge is 0.228 e. The van der Waals surface area contributed by atoms with Gasteiger partial charge in [-0.25, -0.2) is 4.98 Å². The van der Waals surface area contributed by atoms with Crippen molar-refractivity contribution in [3.63, 3.8) is 0 Å². The van der Waals surface area contributed by atoms with Gasteiger partial charge in [0.1, 0.15) is 17.4 Å². The van der Waals surface area contributed by atoms with Crippen molar-refractivity contribution in [1.29, 1.82) is 0 Å². The molecule has 1 fully saturated rings. The minimum absolute atomic E-state index is 0.156. The van der Waals surface area contributed by atoms with Crippen LogP contribution in [0, 0.1) is 11.8 Å². The summed E-state index contributed by atoms with van der Waals surface area (Å²) in [4.78, 5) is 19.0. The maximum atomic E-state index is 12.5. The Balaban J connectivity index is 1.50. The second-order valence-corrected chi connectivity index (χ2v) is 7.56. The zero-order valence-corrected chi connectivity index (χ0v) is 15.4. The lowest BCUT2D eigenvalue weighted by molar-refractivity contribution is -0.132. The number of thiazole rings is 1. The Morgan fingerprint density at radius 2 is 2.20 bits per heavy atom. The number of carbonyl (C=O) groups is 1. The first kappa shape index (κ1) is 17.9. The number of hydrogen-bond acceptors (Lipinski definition) is 5. The molecule has 0 saturated carbocycles. The normalized spacial score (nSPS) is 20.5. The van der Waals surface area contributed by atoms with Gasteiger partial charge in [0.15, 0.2) is 0 Å². The van der Waals surface area contributed by atoms with E-state index < -0.39 is 0 Å². The minimum atomic E-state index is 0.156. The number of likely N-dealkylation sites (tertiary alicyclic amines) is 1. The molecule has 2 unspecified atom stereocenters. The molecule has 1 amide bonds. The number of amides is 1. The largest absolute Gasteiger partial charge is 0.486 e. The van der Waals surface area contributed by atoms with Gasteiger partial charge in [-0.05, 0) is 36.9 Å². The molecule has 1 aliphatic rings. The third-order valence-electron chi connectivity index (χ3n) is 4.78. The molecule has 1 aromatic heterocycles. The molecule has 2 N–H and O–H groups in total. The van der Waals surface area contributed by atoms with Gasteiger partial charge in [0.25, 0.3) is 0 Å². The Hall–Kier alpha value is -1.92. The standard InChI is InChI=1S/C19H25N3O2S/c1-14-11-22(8-7-15(14)10-20)19(23)9-16-13-25-18(21-16)12-24-17-5-3-2-4-6-17/h2-6,13-15H,7-12,20H2,1H3. The third kappa shape index (κ3) is 4.80. The summed E-state index contributed by atoms with van der Waals surface area (Å²) in [5.41, 5.74) is 6.62. The van der Waals surface area contributed by atoms with E-state index in [4.69, 9.17) is 10.5 Å². The lowest BCUT2D eigenvalue weighted by atomic mass is 9.87. The lowest BCUT2D eigenvalue weighted by Crippen LogP contribution is -2.45. The van der Waals surface area contributed by atoms with E-state index >= 15 is 0 Å². The van der Waals surface area contributed by atoms with Crippen LogP contribution in [-0.4, -0.2) is 35.4 Å². The molecular weight excluding hydrogens is 334 g/mol. The van der Waals surface area contributed by atoms with E-state index in [9.17, 15) is 4.79 Å². The summed E-state index contributed by atoms with van der Waals surface area (Å²) < 4.78 is 5.71. The van der Waals surface area contributed by atoms with Gasteiger partial charge in [-0.15, -0.1) is 11.3 Å². The van der Waals surface area contributed by atoms with Gasteiger partial charge in [0.05, 0.1) is 12.1 Å². The van der Waals surface area contributed by atoms with Crippen molar-refractivity contribution >= 4 is 17.2 Å². The van der Waals surface area contributed by atoms with Crippen molar-refractivity contribution in [3.8, 4) is 5.75 Å². The van der Waals surface area contributed by atoms with Crippen LogP contribution in [0.25, 0.3) is 0 Å². The van der Waals surface area contributed by atoms with Gasteiger partial charge in [0, 0.05) is 18.5 Å². The maximum absolute atomic E-state index is 12.5. The van der Waals surface area contributed by atoms with Crippen LogP contribution in [0.2, 0.25) is 0 Å². The quantitative estimate of drug-likeness (QED) is 0.861. The van der Waals surface area contributed by atoms with E-state index in [-0.39, 0.29) is 5.91 Å². The molecule has 2 heterocycles. The highest BCUT2D eigenvalue weighted by molar-refractivity contribution is 7.09. The van der Waals surface area contributed by atoms with Crippen LogP contribution in [0.5, 0.6) is 5.75 Å². The van der Waals surface area contributed by atoms with Gasteiger partial charge < -0.3 is 15.4 Å². The van der Waals surface area contributed by atoms with Gasteiger partial charge >= 0.3 is 0 Å². The van der Waals surface area contributed by atoms with Gasteiger partial charge in [-0.1, -0.05) is 25.1 Å². The third-order valence-corrected chi connectivity index (χ3v) is 5.65. The lowest BCUT2D eigenvalue weighted by Gasteiger charge is -2.36. The maximum Gasteiger partial charge on any atom is 0.228 e. The summed E-state index contributed by atoms with van der Waals surface area (Å²) in [6, 6.07) is 9.68. The van der Waals surface area contributed by atoms with Crippen LogP contribution >= 0.6 is 11.3 Å². The zero-order chi connectivity index (χ0) is 17.6. The average molecular weight is 359 g/mol. The summed E-state index contributed by atoms with van der Waals surface area (Å²) in [6.07, 6.45) is 1.36. The van der Waals surface area contributed by atoms with Gasteiger partial charge in [-0.3, -0.25) is 4.79 Å². The number of piperidine rings is 1. The van der Waals surface area contributed by atoms with E-state index in [0.29, 0.717) is 31.4 Å². The van der Waals surface area contributed by atoms with Crippen molar-refractivity contribution in [2.75, 3.05) is 19.6 Å². The molecule has 5 nitrogen and oxygen atoms in total. The fourth-order valence-electron chi connectivity index (χ4n) is 3.20. The first-order chi connectivity index (χ1) is 12.2. The van der Waals surface area contributed by atoms with E-state index in [0.717, 1.165) is 36.0 Å². The second-order valence-electron chi connectivity index (χ2n) is 6.61. The summed E-state index contributed by atoms with van der Waals surface area (Å²) in [7, 11) is 0. The van der Waals surface area contributed by atoms with E-state index in [1.54, 1.807) is 0 Å². The highest BCUT2D eigenvalue weighted by Gasteiger charge is 2.27. The number of benzene rings is 1. The number of rotatable bonds is 6. The van der Waals surface area contributed by atoms with E-state index in [1.165, 1.54) is 11.3 Å². The van der Waals surface area contributed by atoms with Gasteiger partial charge in [-0.2, -0.15) is 0 Å². The molecule has 0 bridgehead atoms. The van der Waals surface area contributed by atoms with E-state index in [2.05, 4.69) is 11.9 Å². The van der Waals surface area contributed by atoms with Crippen LogP contribution in [-0.2, 0) is 17.8 Å². The molecule has 1 aromatic carbocycles. The molecule has 3 rings (SSSR count). The Labute approximate surface area is 152 Å². The molecule has 2 aromatic rings. The highest BCUT2D eigenvalue weighted by Crippen LogP contribution is 2.23. The molecule has 6 heteroatoms. The number of nitrogens with two attached hydrogens (primary N) is 1. The number of nitrogens with zero attached hydrogens (tertiary/aromatic N) is 2. The summed E-state index contributed by atoms with van der Waals surface area (Å²) >= 11 is 1.54. The molecule has 0 radical (unpaired) electrons. The predicted octanol–water partition coefficient (Wildman–Crippen LogP) is 2.71. The van der Waals surface area contributed by atoms with Crippen LogP contribution in [0.1, 0.15) is 24.0 Å².